The summed E-state index contributed by atoms with van der Waals surface area (Å²) in [5.74, 6) is 0.510. The smallest absolute Gasteiger partial charge is 0.123 e. The zero-order valence-corrected chi connectivity index (χ0v) is 12.2. The zero-order chi connectivity index (χ0) is 12.5. The Labute approximate surface area is 113 Å². The number of alkyl halides is 1. The lowest BCUT2D eigenvalue weighted by atomic mass is 9.95. The maximum absolute atomic E-state index is 13.1. The highest BCUT2D eigenvalue weighted by Crippen LogP contribution is 2.19. The van der Waals surface area contributed by atoms with Crippen LogP contribution in [-0.4, -0.2) is 5.33 Å². The first-order valence-corrected chi connectivity index (χ1v) is 7.68. The fourth-order valence-corrected chi connectivity index (χ4v) is 2.64. The third-order valence-corrected chi connectivity index (χ3v) is 4.01. The monoisotopic (exact) mass is 300 g/mol. The van der Waals surface area contributed by atoms with Crippen LogP contribution in [0, 0.1) is 11.7 Å². The first-order chi connectivity index (χ1) is 8.26. The standard InChI is InChI=1S/C15H22BrF/c1-2-3-4-5-7-14(12-16)10-13-8-6-9-15(17)11-13/h6,8-9,11,14H,2-5,7,10,12H2,1H3. The summed E-state index contributed by atoms with van der Waals surface area (Å²) in [6.07, 6.45) is 7.44. The molecule has 1 rings (SSSR count). The van der Waals surface area contributed by atoms with Gasteiger partial charge in [0.25, 0.3) is 0 Å². The van der Waals surface area contributed by atoms with E-state index in [2.05, 4.69) is 22.9 Å². The molecular weight excluding hydrogens is 279 g/mol. The molecule has 1 atom stereocenters. The average molecular weight is 301 g/mol. The van der Waals surface area contributed by atoms with Crippen molar-refractivity contribution in [3.63, 3.8) is 0 Å². The van der Waals surface area contributed by atoms with Crippen molar-refractivity contribution < 1.29 is 4.39 Å². The molecule has 0 aromatic heterocycles. The van der Waals surface area contributed by atoms with Crippen LogP contribution in [-0.2, 0) is 6.42 Å². The Morgan fingerprint density at radius 2 is 2.06 bits per heavy atom. The van der Waals surface area contributed by atoms with Crippen LogP contribution in [0.1, 0.15) is 44.6 Å². The Morgan fingerprint density at radius 3 is 2.71 bits per heavy atom. The van der Waals surface area contributed by atoms with Crippen molar-refractivity contribution in [1.82, 2.24) is 0 Å². The third kappa shape index (κ3) is 6.21. The second kappa shape index (κ2) is 8.68. The number of benzene rings is 1. The van der Waals surface area contributed by atoms with Crippen molar-refractivity contribution in [2.75, 3.05) is 5.33 Å². The molecular formula is C15H22BrF. The number of halogens is 2. The molecule has 2 heteroatoms. The van der Waals surface area contributed by atoms with Crippen LogP contribution in [0.4, 0.5) is 4.39 Å². The molecule has 1 aromatic carbocycles. The van der Waals surface area contributed by atoms with Crippen molar-refractivity contribution in [3.8, 4) is 0 Å². The van der Waals surface area contributed by atoms with E-state index in [0.717, 1.165) is 17.3 Å². The van der Waals surface area contributed by atoms with Gasteiger partial charge in [-0.05, 0) is 36.5 Å². The van der Waals surface area contributed by atoms with Crippen LogP contribution in [0.5, 0.6) is 0 Å². The van der Waals surface area contributed by atoms with Gasteiger partial charge in [-0.25, -0.2) is 4.39 Å². The lowest BCUT2D eigenvalue weighted by Gasteiger charge is -2.13. The summed E-state index contributed by atoms with van der Waals surface area (Å²) in [7, 11) is 0. The minimum Gasteiger partial charge on any atom is -0.207 e. The SMILES string of the molecule is CCCCCCC(CBr)Cc1cccc(F)c1. The molecule has 0 aliphatic rings. The molecule has 0 N–H and O–H groups in total. The van der Waals surface area contributed by atoms with Gasteiger partial charge in [0.1, 0.15) is 5.82 Å². The fraction of sp³-hybridized carbons (Fsp3) is 0.600. The molecule has 0 aliphatic carbocycles. The summed E-state index contributed by atoms with van der Waals surface area (Å²) in [5, 5.41) is 1.01. The highest BCUT2D eigenvalue weighted by Gasteiger charge is 2.08. The number of rotatable bonds is 8. The molecule has 1 aromatic rings. The van der Waals surface area contributed by atoms with E-state index in [-0.39, 0.29) is 5.82 Å². The van der Waals surface area contributed by atoms with Gasteiger partial charge in [0, 0.05) is 5.33 Å². The van der Waals surface area contributed by atoms with Gasteiger partial charge >= 0.3 is 0 Å². The lowest BCUT2D eigenvalue weighted by molar-refractivity contribution is 0.495. The van der Waals surface area contributed by atoms with E-state index < -0.39 is 0 Å². The maximum atomic E-state index is 13.1. The molecule has 1 unspecified atom stereocenters. The van der Waals surface area contributed by atoms with E-state index in [1.807, 2.05) is 6.07 Å². The predicted molar refractivity (Wildman–Crippen MR) is 76.1 cm³/mol. The summed E-state index contributed by atoms with van der Waals surface area (Å²) >= 11 is 3.57. The van der Waals surface area contributed by atoms with Crippen LogP contribution in [0.25, 0.3) is 0 Å². The third-order valence-electron chi connectivity index (χ3n) is 3.10. The predicted octanol–water partition coefficient (Wildman–Crippen LogP) is 5.35. The Kier molecular flexibility index (Phi) is 7.50. The van der Waals surface area contributed by atoms with Crippen LogP contribution in [0.2, 0.25) is 0 Å². The normalized spacial score (nSPS) is 12.6. The van der Waals surface area contributed by atoms with Crippen LogP contribution in [0.15, 0.2) is 24.3 Å². The molecule has 0 saturated heterocycles. The van der Waals surface area contributed by atoms with E-state index in [4.69, 9.17) is 0 Å². The van der Waals surface area contributed by atoms with Crippen molar-refractivity contribution in [3.05, 3.63) is 35.6 Å². The van der Waals surface area contributed by atoms with E-state index in [1.165, 1.54) is 38.2 Å². The van der Waals surface area contributed by atoms with Crippen LogP contribution >= 0.6 is 15.9 Å². The highest BCUT2D eigenvalue weighted by molar-refractivity contribution is 9.09. The second-order valence-corrected chi connectivity index (χ2v) is 5.35. The molecule has 0 radical (unpaired) electrons. The molecule has 0 bridgehead atoms. The second-order valence-electron chi connectivity index (χ2n) is 4.70. The summed E-state index contributed by atoms with van der Waals surface area (Å²) in [6.45, 7) is 2.23. The topological polar surface area (TPSA) is 0 Å². The van der Waals surface area contributed by atoms with Crippen molar-refractivity contribution >= 4 is 15.9 Å². The Morgan fingerprint density at radius 1 is 1.24 bits per heavy atom. The molecule has 0 aliphatic heterocycles. The average Bonchev–Trinajstić information content (AvgIpc) is 2.33. The van der Waals surface area contributed by atoms with E-state index in [0.29, 0.717) is 5.92 Å². The number of hydrogen-bond donors (Lipinski definition) is 0. The van der Waals surface area contributed by atoms with Gasteiger partial charge in [0.15, 0.2) is 0 Å². The van der Waals surface area contributed by atoms with Gasteiger partial charge in [-0.1, -0.05) is 60.7 Å². The van der Waals surface area contributed by atoms with Gasteiger partial charge < -0.3 is 0 Å². The molecule has 0 saturated carbocycles. The first-order valence-electron chi connectivity index (χ1n) is 6.56. The maximum Gasteiger partial charge on any atom is 0.123 e. The summed E-state index contributed by atoms with van der Waals surface area (Å²) in [4.78, 5) is 0. The van der Waals surface area contributed by atoms with E-state index in [9.17, 15) is 4.39 Å². The van der Waals surface area contributed by atoms with Crippen molar-refractivity contribution in [2.45, 2.75) is 45.4 Å². The number of hydrogen-bond acceptors (Lipinski definition) is 0. The Hall–Kier alpha value is -0.370. The molecule has 0 amide bonds. The van der Waals surface area contributed by atoms with Crippen molar-refractivity contribution in [1.29, 1.82) is 0 Å². The Bertz CT molecular complexity index is 312. The van der Waals surface area contributed by atoms with Crippen LogP contribution in [0.3, 0.4) is 0 Å². The largest absolute Gasteiger partial charge is 0.207 e. The van der Waals surface area contributed by atoms with E-state index >= 15 is 0 Å². The Balaban J connectivity index is 2.35. The zero-order valence-electron chi connectivity index (χ0n) is 10.6. The van der Waals surface area contributed by atoms with Gasteiger partial charge in [0.05, 0.1) is 0 Å². The molecule has 0 fully saturated rings. The van der Waals surface area contributed by atoms with Gasteiger partial charge in [-0.3, -0.25) is 0 Å². The van der Waals surface area contributed by atoms with Gasteiger partial charge in [-0.2, -0.15) is 0 Å². The molecule has 96 valence electrons. The quantitative estimate of drug-likeness (QED) is 0.448. The van der Waals surface area contributed by atoms with Crippen LogP contribution < -0.4 is 0 Å². The molecule has 0 heterocycles. The van der Waals surface area contributed by atoms with Gasteiger partial charge in [-0.15, -0.1) is 0 Å². The summed E-state index contributed by atoms with van der Waals surface area (Å²) in [5.41, 5.74) is 1.12. The minimum absolute atomic E-state index is 0.123. The summed E-state index contributed by atoms with van der Waals surface area (Å²) in [6, 6.07) is 6.98. The fourth-order valence-electron chi connectivity index (χ4n) is 2.09. The van der Waals surface area contributed by atoms with Gasteiger partial charge in [0.2, 0.25) is 0 Å². The summed E-state index contributed by atoms with van der Waals surface area (Å²) < 4.78 is 13.1. The number of unbranched alkanes of at least 4 members (excludes halogenated alkanes) is 3. The van der Waals surface area contributed by atoms with Crippen molar-refractivity contribution in [2.24, 2.45) is 5.92 Å². The highest BCUT2D eigenvalue weighted by atomic mass is 79.9. The van der Waals surface area contributed by atoms with E-state index in [1.54, 1.807) is 12.1 Å². The minimum atomic E-state index is -0.123. The molecule has 0 spiro atoms. The molecule has 0 nitrogen and oxygen atoms in total. The lowest BCUT2D eigenvalue weighted by Crippen LogP contribution is -2.06. The first kappa shape index (κ1) is 14.7. The molecule has 17 heavy (non-hydrogen) atoms.